The van der Waals surface area contributed by atoms with E-state index in [0.29, 0.717) is 0 Å². The third-order valence-electron chi connectivity index (χ3n) is 3.82. The van der Waals surface area contributed by atoms with E-state index >= 15 is 0 Å². The van der Waals surface area contributed by atoms with Crippen LogP contribution in [0.25, 0.3) is 0 Å². The number of halogens is 1. The van der Waals surface area contributed by atoms with Crippen molar-refractivity contribution in [3.63, 3.8) is 0 Å². The molecule has 2 rings (SSSR count). The minimum Gasteiger partial charge on any atom is -0.385 e. The number of rotatable bonds is 3. The second-order valence-electron chi connectivity index (χ2n) is 5.67. The fourth-order valence-corrected chi connectivity index (χ4v) is 3.11. The van der Waals surface area contributed by atoms with Gasteiger partial charge in [0.2, 0.25) is 0 Å². The van der Waals surface area contributed by atoms with Gasteiger partial charge in [-0.15, -0.1) is 0 Å². The normalized spacial score (nSPS) is 24.1. The number of aliphatic hydroxyl groups excluding tert-OH is 1. The van der Waals surface area contributed by atoms with Gasteiger partial charge in [0.15, 0.2) is 0 Å². The van der Waals surface area contributed by atoms with Crippen molar-refractivity contribution < 1.29 is 5.11 Å². The molecule has 2 atom stereocenters. The molecular formula is C13H23BrN4O. The van der Waals surface area contributed by atoms with Crippen LogP contribution in [0.5, 0.6) is 0 Å². The molecule has 2 unspecified atom stereocenters. The smallest absolute Gasteiger partial charge is 0.113 e. The summed E-state index contributed by atoms with van der Waals surface area (Å²) in [5, 5.41) is 15.1. The number of piperazine rings is 1. The zero-order valence-electron chi connectivity index (χ0n) is 12.0. The Labute approximate surface area is 123 Å². The number of hydrogen-bond donors (Lipinski definition) is 1. The molecule has 1 aromatic rings. The monoisotopic (exact) mass is 330 g/mol. The second kappa shape index (κ2) is 5.91. The van der Waals surface area contributed by atoms with E-state index < -0.39 is 6.10 Å². The zero-order valence-corrected chi connectivity index (χ0v) is 13.6. The minimum atomic E-state index is -0.535. The van der Waals surface area contributed by atoms with E-state index in [1.54, 1.807) is 6.20 Å². The molecule has 1 N–H and O–H groups in total. The van der Waals surface area contributed by atoms with Crippen LogP contribution in [0.1, 0.15) is 31.7 Å². The minimum absolute atomic E-state index is 0.101. The number of likely N-dealkylation sites (N-methyl/N-ethyl adjacent to an activating group) is 2. The van der Waals surface area contributed by atoms with Crippen molar-refractivity contribution in [2.45, 2.75) is 32.0 Å². The number of aromatic nitrogens is 2. The van der Waals surface area contributed by atoms with E-state index in [1.165, 1.54) is 0 Å². The van der Waals surface area contributed by atoms with Gasteiger partial charge in [0.05, 0.1) is 22.4 Å². The molecule has 1 aromatic heterocycles. The molecule has 1 saturated heterocycles. The Bertz CT molecular complexity index is 434. The Balaban J connectivity index is 2.27. The number of nitrogens with zero attached hydrogens (tertiary/aromatic N) is 4. The fourth-order valence-electron chi connectivity index (χ4n) is 2.61. The first-order valence-electron chi connectivity index (χ1n) is 6.71. The Hall–Kier alpha value is -0.430. The average molecular weight is 331 g/mol. The summed E-state index contributed by atoms with van der Waals surface area (Å²) in [4.78, 5) is 4.49. The molecule has 0 aliphatic carbocycles. The Morgan fingerprint density at radius 2 is 2.05 bits per heavy atom. The predicted octanol–water partition coefficient (Wildman–Crippen LogP) is 1.51. The maximum Gasteiger partial charge on any atom is 0.113 e. The lowest BCUT2D eigenvalue weighted by Gasteiger charge is -2.40. The molecule has 0 aromatic carbocycles. The summed E-state index contributed by atoms with van der Waals surface area (Å²) in [6.45, 7) is 7.04. The lowest BCUT2D eigenvalue weighted by Crippen LogP contribution is -2.52. The van der Waals surface area contributed by atoms with Gasteiger partial charge >= 0.3 is 0 Å². The van der Waals surface area contributed by atoms with Crippen molar-refractivity contribution in [2.24, 2.45) is 0 Å². The fraction of sp³-hybridized carbons (Fsp3) is 0.769. The third-order valence-corrected chi connectivity index (χ3v) is 4.43. The maximum atomic E-state index is 10.8. The molecule has 0 saturated carbocycles. The van der Waals surface area contributed by atoms with Crippen molar-refractivity contribution in [3.8, 4) is 0 Å². The van der Waals surface area contributed by atoms with Crippen LogP contribution < -0.4 is 0 Å². The largest absolute Gasteiger partial charge is 0.385 e. The van der Waals surface area contributed by atoms with Gasteiger partial charge in [-0.05, 0) is 43.9 Å². The van der Waals surface area contributed by atoms with Crippen LogP contribution in [0.2, 0.25) is 0 Å². The van der Waals surface area contributed by atoms with Crippen molar-refractivity contribution in [3.05, 3.63) is 16.4 Å². The van der Waals surface area contributed by atoms with Gasteiger partial charge in [0, 0.05) is 25.7 Å². The molecule has 1 aliphatic heterocycles. The first kappa shape index (κ1) is 15.0. The molecule has 1 fully saturated rings. The molecule has 5 nitrogen and oxygen atoms in total. The highest BCUT2D eigenvalue weighted by Gasteiger charge is 2.33. The Morgan fingerprint density at radius 1 is 1.37 bits per heavy atom. The Morgan fingerprint density at radius 3 is 2.68 bits per heavy atom. The van der Waals surface area contributed by atoms with Crippen LogP contribution >= 0.6 is 15.9 Å². The van der Waals surface area contributed by atoms with Gasteiger partial charge in [-0.2, -0.15) is 5.10 Å². The second-order valence-corrected chi connectivity index (χ2v) is 6.53. The topological polar surface area (TPSA) is 44.5 Å². The zero-order chi connectivity index (χ0) is 14.2. The van der Waals surface area contributed by atoms with Crippen molar-refractivity contribution in [1.82, 2.24) is 19.6 Å². The summed E-state index contributed by atoms with van der Waals surface area (Å²) in [7, 11) is 4.17. The molecule has 0 radical (unpaired) electrons. The summed E-state index contributed by atoms with van der Waals surface area (Å²) in [5.74, 6) is 0. The number of aliphatic hydroxyl groups is 1. The molecule has 6 heteroatoms. The van der Waals surface area contributed by atoms with E-state index in [0.717, 1.165) is 29.8 Å². The van der Waals surface area contributed by atoms with Crippen molar-refractivity contribution in [2.75, 3.05) is 33.7 Å². The molecule has 19 heavy (non-hydrogen) atoms. The lowest BCUT2D eigenvalue weighted by atomic mass is 10.0. The highest BCUT2D eigenvalue weighted by Crippen LogP contribution is 2.30. The first-order valence-corrected chi connectivity index (χ1v) is 7.51. The summed E-state index contributed by atoms with van der Waals surface area (Å²) in [5.41, 5.74) is 0.877. The van der Waals surface area contributed by atoms with Gasteiger partial charge in [-0.3, -0.25) is 9.58 Å². The molecule has 0 amide bonds. The van der Waals surface area contributed by atoms with Crippen LogP contribution in [0.4, 0.5) is 0 Å². The highest BCUT2D eigenvalue weighted by atomic mass is 79.9. The molecule has 0 bridgehead atoms. The van der Waals surface area contributed by atoms with Crippen LogP contribution in [0, 0.1) is 0 Å². The van der Waals surface area contributed by atoms with E-state index in [4.69, 9.17) is 0 Å². The van der Waals surface area contributed by atoms with Crippen molar-refractivity contribution in [1.29, 1.82) is 0 Å². The molecule has 2 heterocycles. The Kier molecular flexibility index (Phi) is 4.66. The summed E-state index contributed by atoms with van der Waals surface area (Å²) in [6.07, 6.45) is 1.23. The SMILES string of the molecule is CC(C)n1ncc(Br)c1C(O)C1CN(C)CCN1C. The maximum absolute atomic E-state index is 10.8. The van der Waals surface area contributed by atoms with Crippen LogP contribution in [0.15, 0.2) is 10.7 Å². The molecular weight excluding hydrogens is 308 g/mol. The molecule has 0 spiro atoms. The summed E-state index contributed by atoms with van der Waals surface area (Å²) >= 11 is 3.51. The third kappa shape index (κ3) is 3.02. The molecule has 108 valence electrons. The summed E-state index contributed by atoms with van der Waals surface area (Å²) < 4.78 is 2.78. The highest BCUT2D eigenvalue weighted by molar-refractivity contribution is 9.10. The van der Waals surface area contributed by atoms with Crippen LogP contribution in [-0.4, -0.2) is 64.5 Å². The van der Waals surface area contributed by atoms with Crippen molar-refractivity contribution >= 4 is 15.9 Å². The van der Waals surface area contributed by atoms with Gasteiger partial charge in [0.1, 0.15) is 6.10 Å². The van der Waals surface area contributed by atoms with E-state index in [-0.39, 0.29) is 12.1 Å². The first-order chi connectivity index (χ1) is 8.91. The number of hydrogen-bond acceptors (Lipinski definition) is 4. The van der Waals surface area contributed by atoms with Gasteiger partial charge in [-0.1, -0.05) is 0 Å². The quantitative estimate of drug-likeness (QED) is 0.912. The van der Waals surface area contributed by atoms with E-state index in [9.17, 15) is 5.11 Å². The van der Waals surface area contributed by atoms with Crippen LogP contribution in [-0.2, 0) is 0 Å². The van der Waals surface area contributed by atoms with Crippen LogP contribution in [0.3, 0.4) is 0 Å². The average Bonchev–Trinajstić information content (AvgIpc) is 2.73. The van der Waals surface area contributed by atoms with Gasteiger partial charge < -0.3 is 10.0 Å². The van der Waals surface area contributed by atoms with E-state index in [2.05, 4.69) is 58.8 Å². The van der Waals surface area contributed by atoms with Gasteiger partial charge in [0.25, 0.3) is 0 Å². The lowest BCUT2D eigenvalue weighted by molar-refractivity contribution is 0.00864. The van der Waals surface area contributed by atoms with Gasteiger partial charge in [-0.25, -0.2) is 0 Å². The summed E-state index contributed by atoms with van der Waals surface area (Å²) in [6, 6.07) is 0.340. The predicted molar refractivity (Wildman–Crippen MR) is 79.2 cm³/mol. The van der Waals surface area contributed by atoms with E-state index in [1.807, 2.05) is 4.68 Å². The standard InChI is InChI=1S/C13H23BrN4O/c1-9(2)18-12(10(14)7-15-18)13(19)11-8-16(3)5-6-17(11)4/h7,9,11,13,19H,5-6,8H2,1-4H3. The molecule has 1 aliphatic rings.